The lowest BCUT2D eigenvalue weighted by Gasteiger charge is -2.01. The van der Waals surface area contributed by atoms with Crippen molar-refractivity contribution in [1.82, 2.24) is 14.8 Å². The summed E-state index contributed by atoms with van der Waals surface area (Å²) in [7, 11) is 0. The Hall–Kier alpha value is -1.27. The molecule has 2 aromatic rings. The number of thiazole rings is 1. The minimum atomic E-state index is -0.0742. The molecule has 1 saturated carbocycles. The lowest BCUT2D eigenvalue weighted by Crippen LogP contribution is -2.03. The molecule has 0 amide bonds. The van der Waals surface area contributed by atoms with Gasteiger partial charge in [-0.2, -0.15) is 5.10 Å². The fourth-order valence-corrected chi connectivity index (χ4v) is 2.95. The average Bonchev–Trinajstić information content (AvgIpc) is 2.92. The Bertz CT molecular complexity index is 627. The molecule has 0 bridgehead atoms. The van der Waals surface area contributed by atoms with Crippen LogP contribution in [0, 0.1) is 5.92 Å². The van der Waals surface area contributed by atoms with E-state index in [0.717, 1.165) is 18.2 Å². The van der Waals surface area contributed by atoms with Gasteiger partial charge in [0.05, 0.1) is 5.69 Å². The second-order valence-corrected chi connectivity index (χ2v) is 6.23. The van der Waals surface area contributed by atoms with Crippen LogP contribution in [-0.2, 0) is 6.54 Å². The summed E-state index contributed by atoms with van der Waals surface area (Å²) in [6.45, 7) is 0.948. The Balaban J connectivity index is 1.71. The number of ketones is 1. The van der Waals surface area contributed by atoms with E-state index >= 15 is 0 Å². The van der Waals surface area contributed by atoms with E-state index in [1.165, 1.54) is 24.2 Å². The second kappa shape index (κ2) is 5.38. The maximum Gasteiger partial charge on any atom is 0.214 e. The monoisotopic (exact) mass is 337 g/mol. The predicted octanol–water partition coefficient (Wildman–Crippen LogP) is 3.41. The number of carbonyl (C=O) groups is 1. The van der Waals surface area contributed by atoms with E-state index in [4.69, 9.17) is 0 Å². The zero-order valence-electron chi connectivity index (χ0n) is 10.1. The van der Waals surface area contributed by atoms with Crippen molar-refractivity contribution in [2.75, 3.05) is 0 Å². The highest BCUT2D eigenvalue weighted by Crippen LogP contribution is 2.30. The van der Waals surface area contributed by atoms with E-state index in [2.05, 4.69) is 26.0 Å². The molecule has 4 nitrogen and oxygen atoms in total. The van der Waals surface area contributed by atoms with Crippen LogP contribution in [0.3, 0.4) is 0 Å². The van der Waals surface area contributed by atoms with Crippen molar-refractivity contribution in [3.05, 3.63) is 39.0 Å². The third-order valence-electron chi connectivity index (χ3n) is 2.97. The summed E-state index contributed by atoms with van der Waals surface area (Å²) in [5.41, 5.74) is 0.968. The van der Waals surface area contributed by atoms with E-state index in [0.29, 0.717) is 9.61 Å². The Kier molecular flexibility index (Phi) is 3.61. The van der Waals surface area contributed by atoms with E-state index in [1.807, 2.05) is 16.8 Å². The zero-order chi connectivity index (χ0) is 13.2. The van der Waals surface area contributed by atoms with Crippen LogP contribution in [-0.4, -0.2) is 20.5 Å². The standard InChI is InChI=1S/C13H12BrN3OS/c14-12-8-19-13(16-12)11(18)4-3-10-5-6-15-17(10)7-9-1-2-9/h3-6,8-9H,1-2,7H2. The first-order valence-electron chi connectivity index (χ1n) is 6.07. The van der Waals surface area contributed by atoms with E-state index in [-0.39, 0.29) is 5.78 Å². The molecule has 19 heavy (non-hydrogen) atoms. The van der Waals surface area contributed by atoms with Gasteiger partial charge in [-0.3, -0.25) is 9.48 Å². The quantitative estimate of drug-likeness (QED) is 0.620. The van der Waals surface area contributed by atoms with Gasteiger partial charge in [-0.1, -0.05) is 0 Å². The Morgan fingerprint density at radius 1 is 1.58 bits per heavy atom. The number of nitrogens with zero attached hydrogens (tertiary/aromatic N) is 3. The summed E-state index contributed by atoms with van der Waals surface area (Å²) in [6.07, 6.45) is 7.72. The van der Waals surface area contributed by atoms with Crippen LogP contribution in [0.15, 0.2) is 28.3 Å². The van der Waals surface area contributed by atoms with Crippen LogP contribution < -0.4 is 0 Å². The van der Waals surface area contributed by atoms with Gasteiger partial charge in [-0.25, -0.2) is 4.98 Å². The molecule has 2 aromatic heterocycles. The maximum atomic E-state index is 11.9. The summed E-state index contributed by atoms with van der Waals surface area (Å²) in [4.78, 5) is 16.0. The number of allylic oxidation sites excluding steroid dienone is 1. The van der Waals surface area contributed by atoms with Crippen molar-refractivity contribution < 1.29 is 4.79 Å². The molecule has 0 aromatic carbocycles. The van der Waals surface area contributed by atoms with Crippen LogP contribution in [0.25, 0.3) is 6.08 Å². The molecule has 1 fully saturated rings. The van der Waals surface area contributed by atoms with Crippen LogP contribution in [0.4, 0.5) is 0 Å². The molecule has 2 heterocycles. The first-order valence-corrected chi connectivity index (χ1v) is 7.75. The number of halogens is 1. The number of carbonyl (C=O) groups excluding carboxylic acids is 1. The molecule has 1 aliphatic carbocycles. The minimum Gasteiger partial charge on any atom is -0.287 e. The van der Waals surface area contributed by atoms with Gasteiger partial charge in [-0.05, 0) is 52.9 Å². The fourth-order valence-electron chi connectivity index (χ4n) is 1.78. The Labute approximate surface area is 123 Å². The van der Waals surface area contributed by atoms with Crippen LogP contribution in [0.1, 0.15) is 28.3 Å². The second-order valence-electron chi connectivity index (χ2n) is 4.55. The SMILES string of the molecule is O=C(C=Cc1ccnn1CC1CC1)c1nc(Br)cs1. The van der Waals surface area contributed by atoms with E-state index < -0.39 is 0 Å². The molecule has 0 aliphatic heterocycles. The summed E-state index contributed by atoms with van der Waals surface area (Å²) in [6, 6.07) is 1.92. The first-order chi connectivity index (χ1) is 9.22. The number of hydrogen-bond donors (Lipinski definition) is 0. The lowest BCUT2D eigenvalue weighted by molar-refractivity contribution is 0.104. The average molecular weight is 338 g/mol. The molecule has 0 spiro atoms. The van der Waals surface area contributed by atoms with Gasteiger partial charge in [0, 0.05) is 18.1 Å². The molecule has 1 aliphatic rings. The molecular formula is C13H12BrN3OS. The maximum absolute atomic E-state index is 11.9. The van der Waals surface area contributed by atoms with Gasteiger partial charge in [0.15, 0.2) is 5.01 Å². The van der Waals surface area contributed by atoms with Crippen molar-refractivity contribution in [1.29, 1.82) is 0 Å². The number of hydrogen-bond acceptors (Lipinski definition) is 4. The van der Waals surface area contributed by atoms with Crippen molar-refractivity contribution in [3.63, 3.8) is 0 Å². The molecule has 0 N–H and O–H groups in total. The molecule has 0 atom stereocenters. The highest BCUT2D eigenvalue weighted by molar-refractivity contribution is 9.10. The normalized spacial score (nSPS) is 15.2. The molecule has 0 unspecified atom stereocenters. The highest BCUT2D eigenvalue weighted by Gasteiger charge is 2.22. The topological polar surface area (TPSA) is 47.8 Å². The van der Waals surface area contributed by atoms with Gasteiger partial charge < -0.3 is 0 Å². The van der Waals surface area contributed by atoms with Crippen molar-refractivity contribution in [2.24, 2.45) is 5.92 Å². The summed E-state index contributed by atoms with van der Waals surface area (Å²) < 4.78 is 2.66. The van der Waals surface area contributed by atoms with Gasteiger partial charge >= 0.3 is 0 Å². The van der Waals surface area contributed by atoms with Gasteiger partial charge in [-0.15, -0.1) is 11.3 Å². The molecule has 6 heteroatoms. The molecular weight excluding hydrogens is 326 g/mol. The molecule has 98 valence electrons. The Morgan fingerprint density at radius 3 is 3.11 bits per heavy atom. The van der Waals surface area contributed by atoms with Gasteiger partial charge in [0.1, 0.15) is 4.60 Å². The van der Waals surface area contributed by atoms with Crippen molar-refractivity contribution in [3.8, 4) is 0 Å². The van der Waals surface area contributed by atoms with Crippen LogP contribution in [0.5, 0.6) is 0 Å². The predicted molar refractivity (Wildman–Crippen MR) is 78.1 cm³/mol. The number of rotatable bonds is 5. The fraction of sp³-hybridized carbons (Fsp3) is 0.308. The Morgan fingerprint density at radius 2 is 2.42 bits per heavy atom. The van der Waals surface area contributed by atoms with Crippen molar-refractivity contribution in [2.45, 2.75) is 19.4 Å². The molecule has 0 radical (unpaired) electrons. The smallest absolute Gasteiger partial charge is 0.214 e. The number of aromatic nitrogens is 3. The highest BCUT2D eigenvalue weighted by atomic mass is 79.9. The van der Waals surface area contributed by atoms with Crippen LogP contribution in [0.2, 0.25) is 0 Å². The van der Waals surface area contributed by atoms with Crippen molar-refractivity contribution >= 4 is 39.1 Å². The van der Waals surface area contributed by atoms with E-state index in [9.17, 15) is 4.79 Å². The van der Waals surface area contributed by atoms with E-state index in [1.54, 1.807) is 17.7 Å². The largest absolute Gasteiger partial charge is 0.287 e. The van der Waals surface area contributed by atoms with Gasteiger partial charge in [0.25, 0.3) is 0 Å². The third-order valence-corrected chi connectivity index (χ3v) is 4.54. The van der Waals surface area contributed by atoms with Crippen LogP contribution >= 0.6 is 27.3 Å². The molecule has 3 rings (SSSR count). The minimum absolute atomic E-state index is 0.0742. The first kappa shape index (κ1) is 12.7. The summed E-state index contributed by atoms with van der Waals surface area (Å²) >= 11 is 4.58. The molecule has 0 saturated heterocycles. The third kappa shape index (κ3) is 3.19. The zero-order valence-corrected chi connectivity index (χ0v) is 12.5. The van der Waals surface area contributed by atoms with Gasteiger partial charge in [0.2, 0.25) is 5.78 Å². The lowest BCUT2D eigenvalue weighted by atomic mass is 10.3. The summed E-state index contributed by atoms with van der Waals surface area (Å²) in [5, 5.41) is 6.59. The summed E-state index contributed by atoms with van der Waals surface area (Å²) in [5.74, 6) is 0.688.